The van der Waals surface area contributed by atoms with Gasteiger partial charge in [-0.1, -0.05) is 89.7 Å². The van der Waals surface area contributed by atoms with Gasteiger partial charge in [-0.2, -0.15) is 0 Å². The van der Waals surface area contributed by atoms with Gasteiger partial charge in [-0.25, -0.2) is 11.6 Å². The second-order valence-electron chi connectivity index (χ2n) is 14.4. The van der Waals surface area contributed by atoms with E-state index < -0.39 is 5.54 Å². The summed E-state index contributed by atoms with van der Waals surface area (Å²) in [7, 11) is 0. The van der Waals surface area contributed by atoms with Crippen LogP contribution in [0, 0.1) is 29.9 Å². The zero-order chi connectivity index (χ0) is 35.2. The average Bonchev–Trinajstić information content (AvgIpc) is 3.42. The third-order valence-electron chi connectivity index (χ3n) is 9.10. The quantitative estimate of drug-likeness (QED) is 0.0863. The molecule has 0 atom stereocenters. The molecule has 0 aliphatic rings. The Kier molecular flexibility index (Phi) is 13.9. The Morgan fingerprint density at radius 3 is 2.20 bits per heavy atom. The third-order valence-corrected chi connectivity index (χ3v) is 10.3. The summed E-state index contributed by atoms with van der Waals surface area (Å²) in [6.45, 7) is 26.6. The monoisotopic (exact) mass is 853 g/mol. The van der Waals surface area contributed by atoms with Crippen LogP contribution in [0.25, 0.3) is 47.2 Å². The number of benzene rings is 3. The fourth-order valence-electron chi connectivity index (χ4n) is 6.24. The van der Waals surface area contributed by atoms with Gasteiger partial charge in [0.15, 0.2) is 5.78 Å². The molecule has 0 amide bonds. The summed E-state index contributed by atoms with van der Waals surface area (Å²) in [5, 5.41) is 13.0. The number of aliphatic hydroxyl groups is 1. The molecule has 0 saturated carbocycles. The van der Waals surface area contributed by atoms with Crippen LogP contribution in [-0.2, 0) is 36.9 Å². The summed E-state index contributed by atoms with van der Waals surface area (Å²) in [5.41, 5.74) is 4.71. The van der Waals surface area contributed by atoms with E-state index >= 15 is 0 Å². The molecular weight excluding hydrogens is 803 g/mol. The second kappa shape index (κ2) is 17.0. The molecule has 2 heterocycles. The number of nitrogens with zero attached hydrogens (tertiary/aromatic N) is 3. The largest absolute Gasteiger partial charge is 0.512 e. The van der Waals surface area contributed by atoms with E-state index in [0.717, 1.165) is 69.9 Å². The molecule has 261 valence electrons. The smallest absolute Gasteiger partial charge is 0.239 e. The van der Waals surface area contributed by atoms with Crippen molar-refractivity contribution in [2.75, 3.05) is 0 Å². The number of hydrogen-bond donors (Lipinski definition) is 1. The Morgan fingerprint density at radius 1 is 0.939 bits per heavy atom. The molecule has 2 aromatic heterocycles. The standard InChI is InChI=1S/C29H26N3S.C13H24O2.Ir/c1-28(2,3)16-18-11-12-22-24(13-18)33-27-25(31-17-32-26(22)27)20-14-19-9-7-8-10-21(19)23(15-20)29(4,5)30-6;1-5-10(6-2)12(14)9-13(15)11(7-3)8-4;/h7-13,15,17H,16H2,1-5H3;9-11,14H,5-8H2,1-4H3;/q-1;;/b;12-9-;. The maximum Gasteiger partial charge on any atom is 0.239 e. The first-order valence-corrected chi connectivity index (χ1v) is 18.0. The van der Waals surface area contributed by atoms with E-state index in [0.29, 0.717) is 0 Å². The average molecular weight is 853 g/mol. The van der Waals surface area contributed by atoms with Crippen LogP contribution in [0.15, 0.2) is 66.7 Å². The number of aromatic nitrogens is 2. The number of aliphatic hydroxyl groups excluding tert-OH is 1. The normalized spacial score (nSPS) is 12.2. The second-order valence-corrected chi connectivity index (χ2v) is 15.4. The van der Waals surface area contributed by atoms with E-state index in [2.05, 4.69) is 73.1 Å². The van der Waals surface area contributed by atoms with E-state index in [1.165, 1.54) is 21.7 Å². The first-order chi connectivity index (χ1) is 22.8. The van der Waals surface area contributed by atoms with Gasteiger partial charge < -0.3 is 9.95 Å². The molecule has 1 radical (unpaired) electrons. The zero-order valence-electron chi connectivity index (χ0n) is 30.4. The van der Waals surface area contributed by atoms with Crippen LogP contribution in [0.4, 0.5) is 0 Å². The Labute approximate surface area is 310 Å². The Hall–Kier alpha value is -3.43. The first-order valence-electron chi connectivity index (χ1n) is 17.2. The Bertz CT molecular complexity index is 1970. The molecule has 5 aromatic rings. The minimum Gasteiger partial charge on any atom is -0.512 e. The Balaban J connectivity index is 0.000000347. The predicted molar refractivity (Wildman–Crippen MR) is 203 cm³/mol. The summed E-state index contributed by atoms with van der Waals surface area (Å²) in [6.07, 6.45) is 7.59. The Morgan fingerprint density at radius 2 is 1.59 bits per heavy atom. The first kappa shape index (κ1) is 40.0. The van der Waals surface area contributed by atoms with Crippen molar-refractivity contribution in [3.63, 3.8) is 0 Å². The number of hydrogen-bond acceptors (Lipinski definition) is 5. The van der Waals surface area contributed by atoms with Gasteiger partial charge >= 0.3 is 0 Å². The summed E-state index contributed by atoms with van der Waals surface area (Å²) in [5.74, 6) is 0.547. The topological polar surface area (TPSA) is 67.4 Å². The van der Waals surface area contributed by atoms with Crippen LogP contribution in [0.1, 0.15) is 99.1 Å². The van der Waals surface area contributed by atoms with E-state index in [4.69, 9.17) is 11.6 Å². The van der Waals surface area contributed by atoms with Crippen molar-refractivity contribution in [3.05, 3.63) is 95.3 Å². The van der Waals surface area contributed by atoms with Gasteiger partial charge in [-0.15, -0.1) is 34.9 Å². The third kappa shape index (κ3) is 9.43. The van der Waals surface area contributed by atoms with E-state index in [1.54, 1.807) is 17.7 Å². The number of ketones is 1. The van der Waals surface area contributed by atoms with Crippen LogP contribution < -0.4 is 0 Å². The number of carbonyl (C=O) groups is 1. The minimum atomic E-state index is -0.641. The van der Waals surface area contributed by atoms with Crippen molar-refractivity contribution in [1.29, 1.82) is 0 Å². The molecule has 0 unspecified atom stereocenters. The fourth-order valence-corrected chi connectivity index (χ4v) is 7.46. The molecule has 5 rings (SSSR count). The maximum atomic E-state index is 11.7. The van der Waals surface area contributed by atoms with Crippen molar-refractivity contribution in [1.82, 2.24) is 9.97 Å². The molecule has 0 saturated heterocycles. The van der Waals surface area contributed by atoms with Crippen molar-refractivity contribution in [2.45, 2.75) is 100.0 Å². The molecule has 5 nitrogen and oxygen atoms in total. The summed E-state index contributed by atoms with van der Waals surface area (Å²) >= 11 is 1.74. The van der Waals surface area contributed by atoms with Crippen LogP contribution >= 0.6 is 11.3 Å². The molecule has 3 aromatic carbocycles. The number of allylic oxidation sites excluding steroid dienone is 2. The number of thiophene rings is 1. The number of carbonyl (C=O) groups excluding carboxylic acids is 1. The molecule has 49 heavy (non-hydrogen) atoms. The van der Waals surface area contributed by atoms with Gasteiger partial charge in [-0.05, 0) is 54.7 Å². The summed E-state index contributed by atoms with van der Waals surface area (Å²) in [4.78, 5) is 25.0. The van der Waals surface area contributed by atoms with Gasteiger partial charge in [0.1, 0.15) is 6.33 Å². The van der Waals surface area contributed by atoms with Crippen molar-refractivity contribution >= 4 is 48.2 Å². The molecule has 7 heteroatoms. The molecule has 0 spiro atoms. The van der Waals surface area contributed by atoms with Crippen molar-refractivity contribution in [2.24, 2.45) is 17.3 Å². The van der Waals surface area contributed by atoms with Gasteiger partial charge in [0.25, 0.3) is 0 Å². The van der Waals surface area contributed by atoms with E-state index in [-0.39, 0.29) is 48.9 Å². The number of fused-ring (bicyclic) bond motifs is 4. The molecule has 0 aliphatic carbocycles. The molecular formula is C42H50IrN3O2S-. The molecule has 0 fully saturated rings. The van der Waals surface area contributed by atoms with Crippen LogP contribution in [0.2, 0.25) is 0 Å². The van der Waals surface area contributed by atoms with Crippen molar-refractivity contribution in [3.8, 4) is 11.3 Å². The molecule has 1 N–H and O–H groups in total. The summed E-state index contributed by atoms with van der Waals surface area (Å²) in [6, 6.07) is 20.6. The van der Waals surface area contributed by atoms with Crippen LogP contribution in [0.3, 0.4) is 0 Å². The predicted octanol–water partition coefficient (Wildman–Crippen LogP) is 12.1. The zero-order valence-corrected chi connectivity index (χ0v) is 33.6. The van der Waals surface area contributed by atoms with E-state index in [9.17, 15) is 9.90 Å². The SMILES string of the molecule is CCC(CC)C(=O)/C=C(\O)C(CC)CC.[C-]#[N+]C(C)(C)c1cc(-c2ncnc3c2sc2cc(CC(C)(C)C)ccc23)[c-]c2ccccc12.[Ir]. The van der Waals surface area contributed by atoms with E-state index in [1.807, 2.05) is 53.7 Å². The van der Waals surface area contributed by atoms with Gasteiger partial charge in [-0.3, -0.25) is 9.78 Å². The van der Waals surface area contributed by atoms with Crippen LogP contribution in [-0.4, -0.2) is 20.9 Å². The van der Waals surface area contributed by atoms with Crippen LogP contribution in [0.5, 0.6) is 0 Å². The van der Waals surface area contributed by atoms with Gasteiger partial charge in [0.2, 0.25) is 5.54 Å². The fraction of sp³-hybridized carbons (Fsp3) is 0.429. The molecule has 0 bridgehead atoms. The van der Waals surface area contributed by atoms with Gasteiger partial charge in [0, 0.05) is 72.3 Å². The summed E-state index contributed by atoms with van der Waals surface area (Å²) < 4.78 is 2.30. The molecule has 0 aliphatic heterocycles. The maximum absolute atomic E-state index is 11.7. The van der Waals surface area contributed by atoms with Crippen molar-refractivity contribution < 1.29 is 30.0 Å². The van der Waals surface area contributed by atoms with Gasteiger partial charge in [0.05, 0.1) is 11.3 Å². The number of rotatable bonds is 10. The minimum absolute atomic E-state index is 0.